The first-order valence-electron chi connectivity index (χ1n) is 7.79. The molecular weight excluding hydrogens is 276 g/mol. The number of H-pyrrole nitrogens is 1. The first kappa shape index (κ1) is 16.5. The lowest BCUT2D eigenvalue weighted by atomic mass is 10.1. The van der Waals surface area contributed by atoms with Crippen LogP contribution in [0, 0.1) is 0 Å². The molecule has 22 heavy (non-hydrogen) atoms. The summed E-state index contributed by atoms with van der Waals surface area (Å²) >= 11 is 0. The minimum absolute atomic E-state index is 0.414. The maximum absolute atomic E-state index is 9.88. The average Bonchev–Trinajstić information content (AvgIpc) is 3.04. The second-order valence-electron chi connectivity index (χ2n) is 5.22. The molecule has 1 atom stereocenters. The number of hydrogen-bond acceptors (Lipinski definition) is 3. The van der Waals surface area contributed by atoms with E-state index in [0.717, 1.165) is 37.3 Å². The van der Waals surface area contributed by atoms with Gasteiger partial charge in [-0.2, -0.15) is 0 Å². The highest BCUT2D eigenvalue weighted by atomic mass is 16.5. The van der Waals surface area contributed by atoms with Crippen molar-refractivity contribution in [2.75, 3.05) is 13.2 Å². The molecule has 0 amide bonds. The van der Waals surface area contributed by atoms with E-state index in [0.29, 0.717) is 6.61 Å². The summed E-state index contributed by atoms with van der Waals surface area (Å²) in [4.78, 5) is 7.32. The molecule has 1 aromatic heterocycles. The molecule has 1 heterocycles. The molecule has 1 unspecified atom stereocenters. The Bertz CT molecular complexity index is 547. The highest BCUT2D eigenvalue weighted by Gasteiger charge is 2.00. The summed E-state index contributed by atoms with van der Waals surface area (Å²) in [6, 6.07) is 8.29. The Morgan fingerprint density at radius 2 is 2.14 bits per heavy atom. The lowest BCUT2D eigenvalue weighted by Crippen LogP contribution is -2.04. The third-order valence-electron chi connectivity index (χ3n) is 3.41. The molecule has 0 aliphatic heterocycles. The Hall–Kier alpha value is -1.91. The van der Waals surface area contributed by atoms with E-state index < -0.39 is 6.10 Å². The van der Waals surface area contributed by atoms with Crippen LogP contribution in [0.4, 0.5) is 0 Å². The van der Waals surface area contributed by atoms with E-state index >= 15 is 0 Å². The predicted molar refractivity (Wildman–Crippen MR) is 88.6 cm³/mol. The van der Waals surface area contributed by atoms with Crippen LogP contribution in [0.1, 0.15) is 36.7 Å². The van der Waals surface area contributed by atoms with Gasteiger partial charge in [-0.15, -0.1) is 0 Å². The van der Waals surface area contributed by atoms with Crippen molar-refractivity contribution in [2.45, 2.75) is 32.3 Å². The number of imidazole rings is 1. The fraction of sp³-hybridized carbons (Fsp3) is 0.389. The van der Waals surface area contributed by atoms with Gasteiger partial charge in [0, 0.05) is 32.0 Å². The molecule has 0 aliphatic carbocycles. The number of nitrogens with one attached hydrogen (secondary N) is 1. The normalized spacial score (nSPS) is 12.8. The monoisotopic (exact) mass is 300 g/mol. The van der Waals surface area contributed by atoms with E-state index in [4.69, 9.17) is 4.74 Å². The SMILES string of the molecule is CCOCCCC(O)C=Cc1ccc(Cc2ncc[nH]2)cc1. The average molecular weight is 300 g/mol. The number of rotatable bonds is 9. The Kier molecular flexibility index (Phi) is 6.87. The zero-order valence-corrected chi connectivity index (χ0v) is 13.0. The highest BCUT2D eigenvalue weighted by Crippen LogP contribution is 2.10. The molecule has 0 saturated heterocycles. The van der Waals surface area contributed by atoms with Gasteiger partial charge in [0.2, 0.25) is 0 Å². The van der Waals surface area contributed by atoms with Crippen LogP contribution in [0.15, 0.2) is 42.7 Å². The number of aliphatic hydroxyl groups is 1. The lowest BCUT2D eigenvalue weighted by molar-refractivity contribution is 0.128. The fourth-order valence-corrected chi connectivity index (χ4v) is 2.19. The smallest absolute Gasteiger partial charge is 0.110 e. The van der Waals surface area contributed by atoms with Gasteiger partial charge in [-0.1, -0.05) is 36.4 Å². The van der Waals surface area contributed by atoms with Crippen molar-refractivity contribution in [3.63, 3.8) is 0 Å². The molecule has 0 aliphatic rings. The Labute approximate surface area is 131 Å². The molecule has 0 saturated carbocycles. The van der Waals surface area contributed by atoms with Crippen LogP contribution in [-0.4, -0.2) is 34.4 Å². The van der Waals surface area contributed by atoms with Crippen molar-refractivity contribution in [1.29, 1.82) is 0 Å². The summed E-state index contributed by atoms with van der Waals surface area (Å²) in [5, 5.41) is 9.88. The highest BCUT2D eigenvalue weighted by molar-refractivity contribution is 5.50. The van der Waals surface area contributed by atoms with E-state index in [2.05, 4.69) is 34.2 Å². The standard InChI is InChI=1S/C18H24N2O2/c1-2-22-13-3-4-17(21)10-9-15-5-7-16(8-6-15)14-18-19-11-12-20-18/h5-12,17,21H,2-4,13-14H2,1H3,(H,19,20). The molecule has 0 fully saturated rings. The number of benzene rings is 1. The molecule has 4 heteroatoms. The van der Waals surface area contributed by atoms with Gasteiger partial charge in [-0.3, -0.25) is 0 Å². The third-order valence-corrected chi connectivity index (χ3v) is 3.41. The van der Waals surface area contributed by atoms with E-state index in [-0.39, 0.29) is 0 Å². The molecule has 2 rings (SSSR count). The van der Waals surface area contributed by atoms with Gasteiger partial charge in [0.15, 0.2) is 0 Å². The molecule has 1 aromatic carbocycles. The molecule has 2 aromatic rings. The Morgan fingerprint density at radius 1 is 1.32 bits per heavy atom. The van der Waals surface area contributed by atoms with E-state index in [1.165, 1.54) is 5.56 Å². The number of ether oxygens (including phenoxy) is 1. The quantitative estimate of drug-likeness (QED) is 0.699. The van der Waals surface area contributed by atoms with Crippen LogP contribution in [-0.2, 0) is 11.2 Å². The van der Waals surface area contributed by atoms with Gasteiger partial charge in [0.05, 0.1) is 6.10 Å². The van der Waals surface area contributed by atoms with Gasteiger partial charge in [0.1, 0.15) is 5.82 Å². The van der Waals surface area contributed by atoms with Crippen molar-refractivity contribution < 1.29 is 9.84 Å². The minimum Gasteiger partial charge on any atom is -0.389 e. The van der Waals surface area contributed by atoms with Crippen LogP contribution in [0.3, 0.4) is 0 Å². The van der Waals surface area contributed by atoms with Gasteiger partial charge in [-0.05, 0) is 30.9 Å². The number of aliphatic hydroxyl groups excluding tert-OH is 1. The van der Waals surface area contributed by atoms with Crippen LogP contribution in [0.5, 0.6) is 0 Å². The van der Waals surface area contributed by atoms with Crippen LogP contribution < -0.4 is 0 Å². The summed E-state index contributed by atoms with van der Waals surface area (Å²) in [6.45, 7) is 3.42. The number of aromatic amines is 1. The molecular formula is C18H24N2O2. The zero-order valence-electron chi connectivity index (χ0n) is 13.0. The molecule has 0 radical (unpaired) electrons. The summed E-state index contributed by atoms with van der Waals surface area (Å²) < 4.78 is 5.26. The zero-order chi connectivity index (χ0) is 15.6. The molecule has 2 N–H and O–H groups in total. The molecule has 0 bridgehead atoms. The summed E-state index contributed by atoms with van der Waals surface area (Å²) in [6.07, 6.45) is 9.39. The first-order chi connectivity index (χ1) is 10.8. The maximum Gasteiger partial charge on any atom is 0.110 e. The Morgan fingerprint density at radius 3 is 2.82 bits per heavy atom. The minimum atomic E-state index is -0.414. The van der Waals surface area contributed by atoms with Gasteiger partial charge in [0.25, 0.3) is 0 Å². The van der Waals surface area contributed by atoms with E-state index in [1.807, 2.05) is 25.3 Å². The van der Waals surface area contributed by atoms with Crippen molar-refractivity contribution in [3.05, 3.63) is 59.7 Å². The third kappa shape index (κ3) is 5.84. The predicted octanol–water partition coefficient (Wildman–Crippen LogP) is 3.19. The van der Waals surface area contributed by atoms with Crippen molar-refractivity contribution in [2.24, 2.45) is 0 Å². The number of hydrogen-bond donors (Lipinski definition) is 2. The first-order valence-corrected chi connectivity index (χ1v) is 7.79. The van der Waals surface area contributed by atoms with Gasteiger partial charge < -0.3 is 14.8 Å². The lowest BCUT2D eigenvalue weighted by Gasteiger charge is -2.05. The number of aromatic nitrogens is 2. The van der Waals surface area contributed by atoms with Crippen LogP contribution in [0.25, 0.3) is 6.08 Å². The van der Waals surface area contributed by atoms with Crippen molar-refractivity contribution in [3.8, 4) is 0 Å². The van der Waals surface area contributed by atoms with Crippen LogP contribution >= 0.6 is 0 Å². The second kappa shape index (κ2) is 9.18. The van der Waals surface area contributed by atoms with Crippen LogP contribution in [0.2, 0.25) is 0 Å². The molecule has 4 nitrogen and oxygen atoms in total. The van der Waals surface area contributed by atoms with E-state index in [9.17, 15) is 5.11 Å². The fourth-order valence-electron chi connectivity index (χ4n) is 2.19. The second-order valence-corrected chi connectivity index (χ2v) is 5.22. The molecule has 0 spiro atoms. The van der Waals surface area contributed by atoms with Crippen molar-refractivity contribution in [1.82, 2.24) is 9.97 Å². The van der Waals surface area contributed by atoms with Crippen molar-refractivity contribution >= 4 is 6.08 Å². The topological polar surface area (TPSA) is 58.1 Å². The largest absolute Gasteiger partial charge is 0.389 e. The summed E-state index contributed by atoms with van der Waals surface area (Å²) in [7, 11) is 0. The van der Waals surface area contributed by atoms with E-state index in [1.54, 1.807) is 6.20 Å². The summed E-state index contributed by atoms with van der Waals surface area (Å²) in [5.41, 5.74) is 2.30. The Balaban J connectivity index is 1.79. The number of nitrogens with zero attached hydrogens (tertiary/aromatic N) is 1. The summed E-state index contributed by atoms with van der Waals surface area (Å²) in [5.74, 6) is 0.966. The molecule has 118 valence electrons. The maximum atomic E-state index is 9.88. The van der Waals surface area contributed by atoms with Gasteiger partial charge in [-0.25, -0.2) is 4.98 Å². The van der Waals surface area contributed by atoms with Gasteiger partial charge >= 0.3 is 0 Å².